The van der Waals surface area contributed by atoms with Crippen LogP contribution in [0.15, 0.2) is 54.8 Å². The molecule has 2 aromatic rings. The molecule has 0 heterocycles. The van der Waals surface area contributed by atoms with Crippen molar-refractivity contribution in [3.63, 3.8) is 0 Å². The molecule has 0 bridgehead atoms. The Hall–Kier alpha value is -2.46. The van der Waals surface area contributed by atoms with Crippen LogP contribution in [0, 0.1) is 0 Å². The number of carbonyl (C=O) groups is 1. The highest BCUT2D eigenvalue weighted by atomic mass is 35.5. The van der Waals surface area contributed by atoms with E-state index >= 15 is 0 Å². The number of aryl methyl sites for hydroxylation is 1. The smallest absolute Gasteiger partial charge is 0.339 e. The van der Waals surface area contributed by atoms with Gasteiger partial charge in [-0.2, -0.15) is 0 Å². The fourth-order valence-corrected chi connectivity index (χ4v) is 2.73. The van der Waals surface area contributed by atoms with E-state index in [1.165, 1.54) is 18.9 Å². The van der Waals surface area contributed by atoms with Gasteiger partial charge in [0.1, 0.15) is 11.3 Å². The lowest BCUT2D eigenvalue weighted by Crippen LogP contribution is -2.05. The minimum Gasteiger partial charge on any atom is -0.503 e. The first-order chi connectivity index (χ1) is 12.6. The van der Waals surface area contributed by atoms with Crippen molar-refractivity contribution in [1.29, 1.82) is 0 Å². The van der Waals surface area contributed by atoms with E-state index in [9.17, 15) is 9.90 Å². The Morgan fingerprint density at radius 3 is 2.50 bits per heavy atom. The maximum atomic E-state index is 11.4. The summed E-state index contributed by atoms with van der Waals surface area (Å²) in [5.74, 6) is -0.498. The average molecular weight is 375 g/mol. The number of halogens is 1. The summed E-state index contributed by atoms with van der Waals surface area (Å²) in [4.78, 5) is 11.4. The van der Waals surface area contributed by atoms with Crippen LogP contribution in [0.3, 0.4) is 0 Å². The van der Waals surface area contributed by atoms with Crippen molar-refractivity contribution < 1.29 is 19.4 Å². The van der Waals surface area contributed by atoms with Crippen LogP contribution in [0.2, 0.25) is 5.02 Å². The topological polar surface area (TPSA) is 55.8 Å². The van der Waals surface area contributed by atoms with E-state index in [0.29, 0.717) is 17.9 Å². The Balaban J connectivity index is 1.81. The van der Waals surface area contributed by atoms with Crippen LogP contribution in [0.1, 0.15) is 30.4 Å². The molecule has 0 aliphatic rings. The molecule has 0 unspecified atom stereocenters. The Labute approximate surface area is 159 Å². The number of methoxy groups -OCH3 is 1. The van der Waals surface area contributed by atoms with Crippen molar-refractivity contribution >= 4 is 23.1 Å². The second-order valence-corrected chi connectivity index (χ2v) is 6.29. The largest absolute Gasteiger partial charge is 0.503 e. The third-order valence-electron chi connectivity index (χ3n) is 3.92. The van der Waals surface area contributed by atoms with Crippen molar-refractivity contribution in [1.82, 2.24) is 0 Å². The zero-order valence-electron chi connectivity index (χ0n) is 14.8. The van der Waals surface area contributed by atoms with Gasteiger partial charge < -0.3 is 14.6 Å². The lowest BCUT2D eigenvalue weighted by Gasteiger charge is -2.12. The van der Waals surface area contributed by atoms with Gasteiger partial charge in [-0.3, -0.25) is 0 Å². The van der Waals surface area contributed by atoms with E-state index in [0.717, 1.165) is 30.7 Å². The van der Waals surface area contributed by atoms with Gasteiger partial charge in [0.15, 0.2) is 0 Å². The van der Waals surface area contributed by atoms with Gasteiger partial charge in [-0.15, -0.1) is 0 Å². The first kappa shape index (κ1) is 19.9. The molecule has 0 saturated heterocycles. The fraction of sp³-hybridized carbons (Fsp3) is 0.286. The van der Waals surface area contributed by atoms with Crippen LogP contribution in [0.25, 0.3) is 5.57 Å². The first-order valence-electron chi connectivity index (χ1n) is 8.54. The van der Waals surface area contributed by atoms with E-state index in [4.69, 9.17) is 21.1 Å². The molecule has 1 N–H and O–H groups in total. The van der Waals surface area contributed by atoms with Crippen molar-refractivity contribution in [2.24, 2.45) is 0 Å². The normalized spacial score (nSPS) is 11.2. The van der Waals surface area contributed by atoms with Gasteiger partial charge in [-0.1, -0.05) is 41.9 Å². The Morgan fingerprint density at radius 2 is 1.81 bits per heavy atom. The molecular formula is C21H23ClO4. The molecular weight excluding hydrogens is 352 g/mol. The van der Waals surface area contributed by atoms with Gasteiger partial charge in [-0.25, -0.2) is 4.79 Å². The lowest BCUT2D eigenvalue weighted by molar-refractivity contribution is -0.130. The third kappa shape index (κ3) is 6.12. The number of aliphatic carboxylic acids is 1. The predicted molar refractivity (Wildman–Crippen MR) is 104 cm³/mol. The molecule has 0 saturated carbocycles. The van der Waals surface area contributed by atoms with E-state index in [-0.39, 0.29) is 5.57 Å². The molecule has 0 amide bonds. The molecule has 26 heavy (non-hydrogen) atoms. The zero-order valence-corrected chi connectivity index (χ0v) is 15.5. The monoisotopic (exact) mass is 374 g/mol. The molecule has 2 rings (SSSR count). The Kier molecular flexibility index (Phi) is 8.03. The van der Waals surface area contributed by atoms with Crippen molar-refractivity contribution in [2.45, 2.75) is 25.7 Å². The summed E-state index contributed by atoms with van der Waals surface area (Å²) in [6.07, 6.45) is 5.23. The highest BCUT2D eigenvalue weighted by molar-refractivity contribution is 6.30. The number of unbranched alkanes of at least 4 members (excludes halogenated alkanes) is 2. The number of ether oxygens (including phenoxy) is 2. The van der Waals surface area contributed by atoms with E-state index in [1.807, 2.05) is 30.3 Å². The summed E-state index contributed by atoms with van der Waals surface area (Å²) in [5, 5.41) is 10.1. The Bertz CT molecular complexity index is 738. The van der Waals surface area contributed by atoms with E-state index < -0.39 is 5.97 Å². The molecule has 5 heteroatoms. The van der Waals surface area contributed by atoms with Crippen LogP contribution in [-0.4, -0.2) is 24.8 Å². The molecule has 0 aliphatic carbocycles. The fourth-order valence-electron chi connectivity index (χ4n) is 2.60. The number of para-hydroxylation sites is 1. The third-order valence-corrected chi connectivity index (χ3v) is 4.18. The van der Waals surface area contributed by atoms with Gasteiger partial charge in [0.2, 0.25) is 0 Å². The van der Waals surface area contributed by atoms with Gasteiger partial charge in [-0.05, 0) is 49.4 Å². The number of hydrogen-bond acceptors (Lipinski definition) is 3. The maximum Gasteiger partial charge on any atom is 0.339 e. The lowest BCUT2D eigenvalue weighted by atomic mass is 10.1. The number of carboxylic acid groups (broad SMARTS) is 1. The summed E-state index contributed by atoms with van der Waals surface area (Å²) in [6, 6.07) is 15.0. The minimum atomic E-state index is -1.05. The van der Waals surface area contributed by atoms with Crippen LogP contribution in [0.5, 0.6) is 5.75 Å². The molecule has 0 spiro atoms. The highest BCUT2D eigenvalue weighted by Crippen LogP contribution is 2.26. The van der Waals surface area contributed by atoms with Crippen LogP contribution in [0.4, 0.5) is 0 Å². The molecule has 4 nitrogen and oxygen atoms in total. The van der Waals surface area contributed by atoms with Gasteiger partial charge in [0.05, 0.1) is 20.0 Å². The standard InChI is InChI=1S/C21H23ClO4/c1-25-15-19(21(23)24)18-8-4-5-9-20(18)26-14-6-2-3-7-16-10-12-17(22)13-11-16/h4-5,8-13,15H,2-3,6-7,14H2,1H3,(H,23,24)/b19-15+. The van der Waals surface area contributed by atoms with Gasteiger partial charge >= 0.3 is 5.97 Å². The van der Waals surface area contributed by atoms with Crippen LogP contribution >= 0.6 is 11.6 Å². The highest BCUT2D eigenvalue weighted by Gasteiger charge is 2.15. The number of rotatable bonds is 10. The van der Waals surface area contributed by atoms with Gasteiger partial charge in [0.25, 0.3) is 0 Å². The summed E-state index contributed by atoms with van der Waals surface area (Å²) >= 11 is 5.88. The summed E-state index contributed by atoms with van der Waals surface area (Å²) in [7, 11) is 1.42. The van der Waals surface area contributed by atoms with Gasteiger partial charge in [0, 0.05) is 10.6 Å². The maximum absolute atomic E-state index is 11.4. The molecule has 138 valence electrons. The van der Waals surface area contributed by atoms with Crippen LogP contribution in [-0.2, 0) is 16.0 Å². The number of carboxylic acids is 1. The second kappa shape index (κ2) is 10.5. The summed E-state index contributed by atoms with van der Waals surface area (Å²) < 4.78 is 10.7. The summed E-state index contributed by atoms with van der Waals surface area (Å²) in [5.41, 5.74) is 1.87. The van der Waals surface area contributed by atoms with Crippen molar-refractivity contribution in [2.75, 3.05) is 13.7 Å². The molecule has 0 atom stereocenters. The number of benzene rings is 2. The minimum absolute atomic E-state index is 0.0749. The molecule has 0 aliphatic heterocycles. The SMILES string of the molecule is CO/C=C(/C(=O)O)c1ccccc1OCCCCCc1ccc(Cl)cc1. The predicted octanol–water partition coefficient (Wildman–Crippen LogP) is 5.20. The van der Waals surface area contributed by atoms with E-state index in [1.54, 1.807) is 18.2 Å². The second-order valence-electron chi connectivity index (χ2n) is 5.85. The Morgan fingerprint density at radius 1 is 1.08 bits per heavy atom. The van der Waals surface area contributed by atoms with Crippen LogP contribution < -0.4 is 4.74 Å². The first-order valence-corrected chi connectivity index (χ1v) is 8.92. The quantitative estimate of drug-likeness (QED) is 0.352. The summed E-state index contributed by atoms with van der Waals surface area (Å²) in [6.45, 7) is 0.539. The molecule has 0 aromatic heterocycles. The molecule has 2 aromatic carbocycles. The zero-order chi connectivity index (χ0) is 18.8. The van der Waals surface area contributed by atoms with Crippen molar-refractivity contribution in [3.8, 4) is 5.75 Å². The van der Waals surface area contributed by atoms with Crippen molar-refractivity contribution in [3.05, 3.63) is 70.9 Å². The number of hydrogen-bond donors (Lipinski definition) is 1. The molecule has 0 radical (unpaired) electrons. The molecule has 0 fully saturated rings. The average Bonchev–Trinajstić information content (AvgIpc) is 2.64. The van der Waals surface area contributed by atoms with E-state index in [2.05, 4.69) is 0 Å².